The monoisotopic (exact) mass is 372 g/mol. The Kier molecular flexibility index (Phi) is 6.76. The minimum absolute atomic E-state index is 0.118. The zero-order valence-corrected chi connectivity index (χ0v) is 14.9. The number of benzene rings is 2. The van der Waals surface area contributed by atoms with Crippen molar-refractivity contribution < 1.29 is 29.0 Å². The summed E-state index contributed by atoms with van der Waals surface area (Å²) in [5.41, 5.74) is 1.32. The first-order chi connectivity index (χ1) is 12.9. The molecule has 0 aromatic heterocycles. The molecule has 0 aliphatic carbocycles. The molecule has 0 spiro atoms. The van der Waals surface area contributed by atoms with Gasteiger partial charge in [-0.3, -0.25) is 14.4 Å². The number of hydrogen-bond acceptors (Lipinski definition) is 5. The van der Waals surface area contributed by atoms with Gasteiger partial charge in [0.25, 0.3) is 5.91 Å². The van der Waals surface area contributed by atoms with E-state index in [0.29, 0.717) is 28.4 Å². The predicted octanol–water partition coefficient (Wildman–Crippen LogP) is 2.76. The van der Waals surface area contributed by atoms with Crippen LogP contribution in [0.15, 0.2) is 42.5 Å². The quantitative estimate of drug-likeness (QED) is 0.656. The van der Waals surface area contributed by atoms with Gasteiger partial charge in [-0.15, -0.1) is 0 Å². The Morgan fingerprint density at radius 2 is 1.63 bits per heavy atom. The van der Waals surface area contributed by atoms with Crippen molar-refractivity contribution in [2.24, 2.45) is 0 Å². The number of aliphatic carboxylic acids is 1. The molecule has 0 saturated carbocycles. The number of nitrogens with one attached hydrogen (secondary N) is 2. The predicted molar refractivity (Wildman–Crippen MR) is 99.4 cm³/mol. The minimum Gasteiger partial charge on any atom is -0.497 e. The molecule has 2 rings (SSSR count). The molecule has 142 valence electrons. The van der Waals surface area contributed by atoms with Crippen LogP contribution in [0.1, 0.15) is 23.2 Å². The highest BCUT2D eigenvalue weighted by Crippen LogP contribution is 2.29. The number of anilines is 2. The summed E-state index contributed by atoms with van der Waals surface area (Å²) in [5, 5.41) is 13.9. The Balaban J connectivity index is 2.03. The molecule has 2 amide bonds. The first kappa shape index (κ1) is 19.8. The summed E-state index contributed by atoms with van der Waals surface area (Å²) in [6.45, 7) is 0. The van der Waals surface area contributed by atoms with E-state index in [9.17, 15) is 14.4 Å². The topological polar surface area (TPSA) is 114 Å². The second-order valence-corrected chi connectivity index (χ2v) is 5.54. The number of methoxy groups -OCH3 is 2. The Morgan fingerprint density at radius 3 is 2.22 bits per heavy atom. The number of amides is 2. The smallest absolute Gasteiger partial charge is 0.303 e. The third-order valence-corrected chi connectivity index (χ3v) is 3.65. The lowest BCUT2D eigenvalue weighted by molar-refractivity contribution is -0.138. The number of carbonyl (C=O) groups is 3. The van der Waals surface area contributed by atoms with E-state index in [1.54, 1.807) is 42.5 Å². The second-order valence-electron chi connectivity index (χ2n) is 5.54. The summed E-state index contributed by atoms with van der Waals surface area (Å²) in [6.07, 6.45) is -0.359. The van der Waals surface area contributed by atoms with Crippen molar-refractivity contribution in [2.75, 3.05) is 24.9 Å². The summed E-state index contributed by atoms with van der Waals surface area (Å²) in [7, 11) is 3.02. The van der Waals surface area contributed by atoms with Gasteiger partial charge in [0.2, 0.25) is 5.91 Å². The van der Waals surface area contributed by atoms with Gasteiger partial charge >= 0.3 is 5.97 Å². The van der Waals surface area contributed by atoms with Crippen LogP contribution >= 0.6 is 0 Å². The summed E-state index contributed by atoms with van der Waals surface area (Å²) in [4.78, 5) is 34.5. The van der Waals surface area contributed by atoms with Crippen LogP contribution in [-0.2, 0) is 9.59 Å². The normalized spacial score (nSPS) is 10.0. The van der Waals surface area contributed by atoms with Gasteiger partial charge in [0.15, 0.2) is 0 Å². The largest absolute Gasteiger partial charge is 0.497 e. The third kappa shape index (κ3) is 5.74. The molecule has 0 aliphatic heterocycles. The molecule has 0 radical (unpaired) electrons. The fourth-order valence-electron chi connectivity index (χ4n) is 2.26. The summed E-state index contributed by atoms with van der Waals surface area (Å²) < 4.78 is 10.4. The van der Waals surface area contributed by atoms with Crippen LogP contribution in [-0.4, -0.2) is 37.1 Å². The van der Waals surface area contributed by atoms with Gasteiger partial charge < -0.3 is 25.2 Å². The molecule has 8 nitrogen and oxygen atoms in total. The van der Waals surface area contributed by atoms with Gasteiger partial charge in [-0.2, -0.15) is 0 Å². The van der Waals surface area contributed by atoms with Crippen molar-refractivity contribution in [3.05, 3.63) is 48.0 Å². The number of carboxylic acids is 1. The maximum Gasteiger partial charge on any atom is 0.303 e. The second kappa shape index (κ2) is 9.23. The van der Waals surface area contributed by atoms with Crippen molar-refractivity contribution in [1.82, 2.24) is 0 Å². The molecule has 2 aromatic rings. The van der Waals surface area contributed by atoms with E-state index < -0.39 is 11.9 Å². The summed E-state index contributed by atoms with van der Waals surface area (Å²) in [5.74, 6) is -0.733. The van der Waals surface area contributed by atoms with Crippen LogP contribution in [0.5, 0.6) is 11.5 Å². The fourth-order valence-corrected chi connectivity index (χ4v) is 2.26. The molecule has 8 heteroatoms. The fraction of sp³-hybridized carbons (Fsp3) is 0.211. The van der Waals surface area contributed by atoms with Crippen molar-refractivity contribution in [1.29, 1.82) is 0 Å². The van der Waals surface area contributed by atoms with Crippen LogP contribution in [0, 0.1) is 0 Å². The van der Waals surface area contributed by atoms with E-state index >= 15 is 0 Å². The number of ether oxygens (including phenoxy) is 2. The van der Waals surface area contributed by atoms with E-state index in [1.165, 1.54) is 14.2 Å². The first-order valence-electron chi connectivity index (χ1n) is 8.08. The van der Waals surface area contributed by atoms with Gasteiger partial charge in [0, 0.05) is 23.7 Å². The summed E-state index contributed by atoms with van der Waals surface area (Å²) >= 11 is 0. The van der Waals surface area contributed by atoms with Crippen LogP contribution < -0.4 is 20.1 Å². The molecule has 0 fully saturated rings. The average molecular weight is 372 g/mol. The molecule has 0 unspecified atom stereocenters. The van der Waals surface area contributed by atoms with Crippen LogP contribution in [0.25, 0.3) is 0 Å². The maximum atomic E-state index is 12.4. The van der Waals surface area contributed by atoms with Crippen molar-refractivity contribution in [3.63, 3.8) is 0 Å². The Hall–Kier alpha value is -3.55. The van der Waals surface area contributed by atoms with Crippen LogP contribution in [0.2, 0.25) is 0 Å². The number of carboxylic acid groups (broad SMARTS) is 1. The van der Waals surface area contributed by atoms with E-state index in [1.807, 2.05) is 0 Å². The summed E-state index contributed by atoms with van der Waals surface area (Å²) in [6, 6.07) is 11.3. The van der Waals surface area contributed by atoms with Crippen molar-refractivity contribution >= 4 is 29.2 Å². The Bertz CT molecular complexity index is 833. The lowest BCUT2D eigenvalue weighted by Gasteiger charge is -2.12. The highest BCUT2D eigenvalue weighted by atomic mass is 16.5. The highest BCUT2D eigenvalue weighted by Gasteiger charge is 2.12. The zero-order chi connectivity index (χ0) is 19.8. The Morgan fingerprint density at radius 1 is 0.926 bits per heavy atom. The number of carbonyl (C=O) groups excluding carboxylic acids is 2. The van der Waals surface area contributed by atoms with E-state index in [0.717, 1.165) is 0 Å². The van der Waals surface area contributed by atoms with Crippen LogP contribution in [0.4, 0.5) is 11.4 Å². The average Bonchev–Trinajstić information content (AvgIpc) is 2.66. The molecule has 0 bridgehead atoms. The van der Waals surface area contributed by atoms with E-state index in [4.69, 9.17) is 14.6 Å². The molecule has 2 aromatic carbocycles. The minimum atomic E-state index is -1.04. The molecular weight excluding hydrogens is 352 g/mol. The molecule has 0 atom stereocenters. The molecule has 3 N–H and O–H groups in total. The van der Waals surface area contributed by atoms with E-state index in [-0.39, 0.29) is 18.7 Å². The van der Waals surface area contributed by atoms with Crippen molar-refractivity contribution in [3.8, 4) is 11.5 Å². The maximum absolute atomic E-state index is 12.4. The molecule has 0 aliphatic rings. The first-order valence-corrected chi connectivity index (χ1v) is 8.08. The zero-order valence-electron chi connectivity index (χ0n) is 14.9. The number of hydrogen-bond donors (Lipinski definition) is 3. The lowest BCUT2D eigenvalue weighted by Crippen LogP contribution is -2.14. The SMILES string of the molecule is COc1ccc(OC)c(NC(=O)c2ccc(NC(=O)CCC(=O)O)cc2)c1. The molecule has 27 heavy (non-hydrogen) atoms. The van der Waals surface area contributed by atoms with Gasteiger partial charge in [-0.25, -0.2) is 0 Å². The molecule has 0 heterocycles. The standard InChI is InChI=1S/C19H20N2O6/c1-26-14-7-8-16(27-2)15(11-14)21-19(25)12-3-5-13(6-4-12)20-17(22)9-10-18(23)24/h3-8,11H,9-10H2,1-2H3,(H,20,22)(H,21,25)(H,23,24). The van der Waals surface area contributed by atoms with Crippen LogP contribution in [0.3, 0.4) is 0 Å². The molecular formula is C19H20N2O6. The van der Waals surface area contributed by atoms with Gasteiger partial charge in [-0.05, 0) is 36.4 Å². The lowest BCUT2D eigenvalue weighted by atomic mass is 10.1. The van der Waals surface area contributed by atoms with Gasteiger partial charge in [0.1, 0.15) is 11.5 Å². The van der Waals surface area contributed by atoms with E-state index in [2.05, 4.69) is 10.6 Å². The third-order valence-electron chi connectivity index (χ3n) is 3.65. The highest BCUT2D eigenvalue weighted by molar-refractivity contribution is 6.05. The molecule has 0 saturated heterocycles. The van der Waals surface area contributed by atoms with Gasteiger partial charge in [0.05, 0.1) is 26.3 Å². The van der Waals surface area contributed by atoms with Crippen molar-refractivity contribution in [2.45, 2.75) is 12.8 Å². The number of rotatable bonds is 8. The van der Waals surface area contributed by atoms with Gasteiger partial charge in [-0.1, -0.05) is 0 Å². The Labute approximate surface area is 156 Å².